The number of nitrogens with zero attached hydrogens (tertiary/aromatic N) is 2. The van der Waals surface area contributed by atoms with Crippen molar-refractivity contribution in [3.05, 3.63) is 33.1 Å². The van der Waals surface area contributed by atoms with Gasteiger partial charge in [-0.15, -0.1) is 0 Å². The minimum Gasteiger partial charge on any atom is -0.338 e. The molecule has 1 saturated heterocycles. The van der Waals surface area contributed by atoms with E-state index in [4.69, 9.17) is 0 Å². The van der Waals surface area contributed by atoms with E-state index in [1.807, 2.05) is 4.90 Å². The number of aromatic amines is 1. The van der Waals surface area contributed by atoms with Crippen LogP contribution in [0.25, 0.3) is 0 Å². The van der Waals surface area contributed by atoms with Gasteiger partial charge in [0.1, 0.15) is 6.54 Å². The third kappa shape index (κ3) is 2.94. The van der Waals surface area contributed by atoms with Crippen LogP contribution in [0.5, 0.6) is 0 Å². The fraction of sp³-hybridized carbons (Fsp3) is 0.667. The van der Waals surface area contributed by atoms with Crippen LogP contribution in [0.1, 0.15) is 38.5 Å². The average Bonchev–Trinajstić information content (AvgIpc) is 2.49. The van der Waals surface area contributed by atoms with E-state index in [0.29, 0.717) is 12.0 Å². The standard InChI is InChI=1S/C15H21N3O3/c19-13-7-9-17(15(21)16-13)10-14(20)18-8-3-5-11-4-1-2-6-12(11)18/h7,9,11-12H,1-6,8,10H2,(H,16,19,21)/t11-,12+/m0/s1. The Bertz CT molecular complexity index is 632. The van der Waals surface area contributed by atoms with Crippen molar-refractivity contribution in [1.82, 2.24) is 14.5 Å². The van der Waals surface area contributed by atoms with Crippen LogP contribution in [-0.2, 0) is 11.3 Å². The molecule has 114 valence electrons. The minimum absolute atomic E-state index is 0.0127. The highest BCUT2D eigenvalue weighted by atomic mass is 16.2. The summed E-state index contributed by atoms with van der Waals surface area (Å²) in [6.07, 6.45) is 8.40. The summed E-state index contributed by atoms with van der Waals surface area (Å²) in [5.41, 5.74) is -0.956. The molecular formula is C15H21N3O3. The highest BCUT2D eigenvalue weighted by Gasteiger charge is 2.35. The number of carbonyl (C=O) groups is 1. The number of rotatable bonds is 2. The van der Waals surface area contributed by atoms with Crippen LogP contribution in [-0.4, -0.2) is 32.9 Å². The molecule has 2 fully saturated rings. The molecule has 0 spiro atoms. The molecule has 21 heavy (non-hydrogen) atoms. The number of fused-ring (bicyclic) bond motifs is 1. The van der Waals surface area contributed by atoms with Gasteiger partial charge in [0.2, 0.25) is 5.91 Å². The Morgan fingerprint density at radius 2 is 1.95 bits per heavy atom. The predicted molar refractivity (Wildman–Crippen MR) is 78.0 cm³/mol. The summed E-state index contributed by atoms with van der Waals surface area (Å²) in [6, 6.07) is 1.62. The normalized spacial score (nSPS) is 25.4. The van der Waals surface area contributed by atoms with E-state index in [1.165, 1.54) is 42.5 Å². The van der Waals surface area contributed by atoms with Crippen LogP contribution in [0.15, 0.2) is 21.9 Å². The smallest absolute Gasteiger partial charge is 0.328 e. The quantitative estimate of drug-likeness (QED) is 0.872. The fourth-order valence-electron chi connectivity index (χ4n) is 3.74. The molecule has 1 N–H and O–H groups in total. The number of hydrogen-bond acceptors (Lipinski definition) is 3. The number of amides is 1. The maximum absolute atomic E-state index is 12.5. The van der Waals surface area contributed by atoms with E-state index < -0.39 is 11.2 Å². The second-order valence-corrected chi connectivity index (χ2v) is 6.08. The summed E-state index contributed by atoms with van der Waals surface area (Å²) in [5.74, 6) is 0.615. The molecule has 1 aromatic heterocycles. The van der Waals surface area contributed by atoms with Crippen LogP contribution in [0.4, 0.5) is 0 Å². The third-order valence-electron chi connectivity index (χ3n) is 4.77. The molecule has 1 saturated carbocycles. The lowest BCUT2D eigenvalue weighted by Gasteiger charge is -2.44. The molecule has 2 atom stereocenters. The zero-order valence-electron chi connectivity index (χ0n) is 12.1. The lowest BCUT2D eigenvalue weighted by Crippen LogP contribution is -2.51. The molecule has 0 bridgehead atoms. The minimum atomic E-state index is -0.520. The predicted octanol–water partition coefficient (Wildman–Crippen LogP) is 0.718. The number of carbonyl (C=O) groups excluding carboxylic acids is 1. The largest absolute Gasteiger partial charge is 0.338 e. The van der Waals surface area contributed by atoms with Crippen molar-refractivity contribution in [2.75, 3.05) is 6.54 Å². The molecule has 0 unspecified atom stereocenters. The summed E-state index contributed by atoms with van der Waals surface area (Å²) in [5, 5.41) is 0. The Balaban J connectivity index is 1.74. The van der Waals surface area contributed by atoms with Crippen LogP contribution in [0.2, 0.25) is 0 Å². The molecule has 1 aliphatic carbocycles. The fourth-order valence-corrected chi connectivity index (χ4v) is 3.74. The SMILES string of the molecule is O=C(Cn1ccc(=O)[nH]c1=O)N1CCC[C@@H]2CCCC[C@H]21. The van der Waals surface area contributed by atoms with Crippen molar-refractivity contribution in [3.8, 4) is 0 Å². The van der Waals surface area contributed by atoms with Gasteiger partial charge in [-0.2, -0.15) is 0 Å². The first-order valence-electron chi connectivity index (χ1n) is 7.74. The van der Waals surface area contributed by atoms with E-state index in [2.05, 4.69) is 4.98 Å². The molecule has 1 amide bonds. The summed E-state index contributed by atoms with van der Waals surface area (Å²) in [7, 11) is 0. The van der Waals surface area contributed by atoms with Gasteiger partial charge in [0, 0.05) is 24.8 Å². The number of hydrogen-bond donors (Lipinski definition) is 1. The van der Waals surface area contributed by atoms with Gasteiger partial charge in [-0.1, -0.05) is 12.8 Å². The molecule has 2 aliphatic rings. The number of H-pyrrole nitrogens is 1. The molecule has 6 nitrogen and oxygen atoms in total. The molecule has 0 radical (unpaired) electrons. The van der Waals surface area contributed by atoms with Crippen molar-refractivity contribution in [3.63, 3.8) is 0 Å². The highest BCUT2D eigenvalue weighted by molar-refractivity contribution is 5.76. The van der Waals surface area contributed by atoms with Gasteiger partial charge in [0.05, 0.1) is 0 Å². The average molecular weight is 291 g/mol. The second kappa shape index (κ2) is 5.87. The van der Waals surface area contributed by atoms with Gasteiger partial charge in [0.15, 0.2) is 0 Å². The van der Waals surface area contributed by atoms with Crippen LogP contribution >= 0.6 is 0 Å². The van der Waals surface area contributed by atoms with E-state index in [0.717, 1.165) is 19.4 Å². The topological polar surface area (TPSA) is 75.2 Å². The maximum Gasteiger partial charge on any atom is 0.328 e. The van der Waals surface area contributed by atoms with Crippen molar-refractivity contribution in [2.45, 2.75) is 51.1 Å². The third-order valence-corrected chi connectivity index (χ3v) is 4.77. The van der Waals surface area contributed by atoms with Gasteiger partial charge in [-0.25, -0.2) is 4.79 Å². The first kappa shape index (κ1) is 14.1. The van der Waals surface area contributed by atoms with Gasteiger partial charge < -0.3 is 4.90 Å². The lowest BCUT2D eigenvalue weighted by atomic mass is 9.78. The Hall–Kier alpha value is -1.85. The molecule has 1 aromatic rings. The Kier molecular flexibility index (Phi) is 3.94. The summed E-state index contributed by atoms with van der Waals surface area (Å²) < 4.78 is 1.27. The Morgan fingerprint density at radius 1 is 1.19 bits per heavy atom. The van der Waals surface area contributed by atoms with Gasteiger partial charge in [-0.05, 0) is 31.6 Å². The zero-order valence-corrected chi connectivity index (χ0v) is 12.1. The molecule has 3 rings (SSSR count). The molecule has 1 aliphatic heterocycles. The molecule has 6 heteroatoms. The van der Waals surface area contributed by atoms with Crippen LogP contribution < -0.4 is 11.2 Å². The highest BCUT2D eigenvalue weighted by Crippen LogP contribution is 2.35. The van der Waals surface area contributed by atoms with Crippen molar-refractivity contribution in [2.24, 2.45) is 5.92 Å². The van der Waals surface area contributed by atoms with Gasteiger partial charge in [0.25, 0.3) is 5.56 Å². The lowest BCUT2D eigenvalue weighted by molar-refractivity contribution is -0.138. The monoisotopic (exact) mass is 291 g/mol. The van der Waals surface area contributed by atoms with E-state index >= 15 is 0 Å². The Labute approximate surface area is 122 Å². The maximum atomic E-state index is 12.5. The number of likely N-dealkylation sites (tertiary alicyclic amines) is 1. The molecule has 2 heterocycles. The second-order valence-electron chi connectivity index (χ2n) is 6.08. The van der Waals surface area contributed by atoms with Crippen LogP contribution in [0.3, 0.4) is 0 Å². The first-order valence-corrected chi connectivity index (χ1v) is 7.74. The Morgan fingerprint density at radius 3 is 2.76 bits per heavy atom. The molecular weight excluding hydrogens is 270 g/mol. The van der Waals surface area contributed by atoms with Gasteiger partial charge >= 0.3 is 5.69 Å². The van der Waals surface area contributed by atoms with Crippen molar-refractivity contribution < 1.29 is 4.79 Å². The number of aromatic nitrogens is 2. The van der Waals surface area contributed by atoms with E-state index in [9.17, 15) is 14.4 Å². The van der Waals surface area contributed by atoms with Crippen molar-refractivity contribution >= 4 is 5.91 Å². The summed E-state index contributed by atoms with van der Waals surface area (Å²) >= 11 is 0. The van der Waals surface area contributed by atoms with E-state index in [-0.39, 0.29) is 12.5 Å². The van der Waals surface area contributed by atoms with Crippen LogP contribution in [0, 0.1) is 5.92 Å². The van der Waals surface area contributed by atoms with Crippen molar-refractivity contribution in [1.29, 1.82) is 0 Å². The van der Waals surface area contributed by atoms with Gasteiger partial charge in [-0.3, -0.25) is 19.1 Å². The van der Waals surface area contributed by atoms with E-state index in [1.54, 1.807) is 0 Å². The zero-order chi connectivity index (χ0) is 14.8. The summed E-state index contributed by atoms with van der Waals surface area (Å²) in [4.78, 5) is 39.4. The molecule has 0 aromatic carbocycles. The number of nitrogens with one attached hydrogen (secondary N) is 1. The summed E-state index contributed by atoms with van der Waals surface area (Å²) in [6.45, 7) is 0.803. The number of piperidine rings is 1. The first-order chi connectivity index (χ1) is 10.1.